The number of aliphatic imine (C=N–C) groups is 2. The largest absolute Gasteiger partial charge is 2.00 e. The Morgan fingerprint density at radius 2 is 1.00 bits per heavy atom. The summed E-state index contributed by atoms with van der Waals surface area (Å²) in [6.07, 6.45) is 7.13. The van der Waals surface area contributed by atoms with Gasteiger partial charge in [0.2, 0.25) is 0 Å². The zero-order valence-electron chi connectivity index (χ0n) is 29.9. The second-order valence-corrected chi connectivity index (χ2v) is 11.9. The van der Waals surface area contributed by atoms with Crippen LogP contribution in [0.4, 0.5) is 0 Å². The van der Waals surface area contributed by atoms with Gasteiger partial charge in [0.15, 0.2) is 23.0 Å². The first-order chi connectivity index (χ1) is 24.5. The fourth-order valence-electron chi connectivity index (χ4n) is 6.00. The molecule has 0 bridgehead atoms. The third-order valence-corrected chi connectivity index (χ3v) is 8.64. The predicted molar refractivity (Wildman–Crippen MR) is 196 cm³/mol. The van der Waals surface area contributed by atoms with Gasteiger partial charge < -0.3 is 51.0 Å². The minimum atomic E-state index is -0.124. The molecule has 1 saturated carbocycles. The molecule has 2 N–H and O–H groups in total. The molecular formula is C40H46ClMnN2O8+. The standard InChI is InChI=1S/C40H46N2O8.ClH.Mn/c1-45-17-19-49-35-15-9-5-11-31(35)27-21-29(39(43)37(23-27)47-3)25-41-33-13-7-8-14-34(33)42-26-30-22-28(24-38(48-4)40(30)44)32-12-6-10-16-36(32)50-20-18-46-2;;/h5-6,9-12,15-16,21-26,33-34,43-44H,7-8,13-14,17-20H2,1-4H3;1H;/q;;+2/p-1. The quantitative estimate of drug-likeness (QED) is 0.0981. The number of nitrogens with zero attached hydrogens (tertiary/aromatic N) is 2. The maximum atomic E-state index is 11.1. The van der Waals surface area contributed by atoms with Crippen molar-refractivity contribution < 1.29 is 68.1 Å². The molecule has 10 nitrogen and oxygen atoms in total. The van der Waals surface area contributed by atoms with Crippen molar-refractivity contribution in [3.63, 3.8) is 0 Å². The Kier molecular flexibility index (Phi) is 17.3. The fourth-order valence-corrected chi connectivity index (χ4v) is 6.00. The maximum Gasteiger partial charge on any atom is 2.00 e. The summed E-state index contributed by atoms with van der Waals surface area (Å²) in [5, 5.41) is 22.2. The zero-order chi connectivity index (χ0) is 35.3. The average Bonchev–Trinajstić information content (AvgIpc) is 3.15. The Bertz CT molecular complexity index is 1660. The number of halogens is 1. The van der Waals surface area contributed by atoms with Crippen molar-refractivity contribution in [1.82, 2.24) is 0 Å². The van der Waals surface area contributed by atoms with Crippen molar-refractivity contribution in [1.29, 1.82) is 0 Å². The van der Waals surface area contributed by atoms with E-state index in [1.807, 2.05) is 60.7 Å². The molecule has 1 fully saturated rings. The molecule has 4 aromatic carbocycles. The molecule has 1 radical (unpaired) electrons. The zero-order valence-corrected chi connectivity index (χ0v) is 31.8. The Balaban J connectivity index is 0.00000364. The van der Waals surface area contributed by atoms with E-state index in [0.717, 1.165) is 47.9 Å². The predicted octanol–water partition coefficient (Wildman–Crippen LogP) is 4.35. The summed E-state index contributed by atoms with van der Waals surface area (Å²) in [6, 6.07) is 22.5. The molecule has 277 valence electrons. The van der Waals surface area contributed by atoms with Crippen molar-refractivity contribution >= 4 is 12.4 Å². The van der Waals surface area contributed by atoms with Gasteiger partial charge in [0.25, 0.3) is 0 Å². The molecule has 0 spiro atoms. The first kappa shape index (κ1) is 42.2. The minimum Gasteiger partial charge on any atom is -1.00 e. The van der Waals surface area contributed by atoms with Gasteiger partial charge in [-0.15, -0.1) is 0 Å². The molecule has 5 rings (SSSR count). The van der Waals surface area contributed by atoms with E-state index < -0.39 is 0 Å². The van der Waals surface area contributed by atoms with E-state index in [0.29, 0.717) is 60.6 Å². The van der Waals surface area contributed by atoms with Crippen LogP contribution >= 0.6 is 0 Å². The molecule has 0 saturated heterocycles. The summed E-state index contributed by atoms with van der Waals surface area (Å²) in [7, 11) is 6.32. The van der Waals surface area contributed by atoms with Crippen LogP contribution in [0.15, 0.2) is 82.8 Å². The van der Waals surface area contributed by atoms with Gasteiger partial charge in [0.1, 0.15) is 24.7 Å². The van der Waals surface area contributed by atoms with Crippen LogP contribution in [0, 0.1) is 0 Å². The minimum absolute atomic E-state index is 0. The van der Waals surface area contributed by atoms with Crippen molar-refractivity contribution in [3.8, 4) is 56.8 Å². The second kappa shape index (κ2) is 21.3. The van der Waals surface area contributed by atoms with E-state index in [1.54, 1.807) is 38.8 Å². The van der Waals surface area contributed by atoms with E-state index in [4.69, 9.17) is 38.4 Å². The molecule has 1 aliphatic rings. The number of hydrogen-bond acceptors (Lipinski definition) is 10. The van der Waals surface area contributed by atoms with E-state index in [2.05, 4.69) is 0 Å². The Labute approximate surface area is 322 Å². The molecule has 12 heteroatoms. The molecule has 2 atom stereocenters. The number of ether oxygens (including phenoxy) is 6. The molecular weight excluding hydrogens is 727 g/mol. The number of rotatable bonds is 16. The van der Waals surface area contributed by atoms with Crippen molar-refractivity contribution in [3.05, 3.63) is 83.9 Å². The third kappa shape index (κ3) is 10.6. The van der Waals surface area contributed by atoms with Crippen LogP contribution in [0.2, 0.25) is 0 Å². The molecule has 1 aliphatic carbocycles. The average molecular weight is 773 g/mol. The van der Waals surface area contributed by atoms with Gasteiger partial charge in [0, 0.05) is 48.9 Å². The van der Waals surface area contributed by atoms with E-state index in [1.165, 1.54) is 14.2 Å². The van der Waals surface area contributed by atoms with Crippen molar-refractivity contribution in [2.24, 2.45) is 9.98 Å². The second-order valence-electron chi connectivity index (χ2n) is 11.9. The van der Waals surface area contributed by atoms with Crippen LogP contribution in [0.1, 0.15) is 36.8 Å². The summed E-state index contributed by atoms with van der Waals surface area (Å²) in [5.41, 5.74) is 4.42. The number of phenols is 2. The van der Waals surface area contributed by atoms with E-state index in [-0.39, 0.29) is 53.1 Å². The maximum absolute atomic E-state index is 11.1. The van der Waals surface area contributed by atoms with Crippen LogP contribution in [-0.4, -0.2) is 89.6 Å². The number of phenolic OH excluding ortho intramolecular Hbond substituents is 2. The van der Waals surface area contributed by atoms with Crippen molar-refractivity contribution in [2.75, 3.05) is 54.9 Å². The number of benzene rings is 4. The van der Waals surface area contributed by atoms with Gasteiger partial charge in [-0.1, -0.05) is 49.2 Å². The van der Waals surface area contributed by atoms with Crippen molar-refractivity contribution in [2.45, 2.75) is 37.8 Å². The number of para-hydroxylation sites is 2. The van der Waals surface area contributed by atoms with Crippen LogP contribution < -0.4 is 31.4 Å². The summed E-state index contributed by atoms with van der Waals surface area (Å²) < 4.78 is 33.3. The molecule has 52 heavy (non-hydrogen) atoms. The topological polar surface area (TPSA) is 121 Å². The molecule has 0 aliphatic heterocycles. The van der Waals surface area contributed by atoms with Crippen LogP contribution in [0.25, 0.3) is 22.3 Å². The summed E-state index contributed by atoms with van der Waals surface area (Å²) in [4.78, 5) is 9.91. The van der Waals surface area contributed by atoms with E-state index >= 15 is 0 Å². The Morgan fingerprint density at radius 3 is 1.38 bits per heavy atom. The summed E-state index contributed by atoms with van der Waals surface area (Å²) >= 11 is 0. The number of methoxy groups -OCH3 is 4. The number of hydrogen-bond donors (Lipinski definition) is 2. The van der Waals surface area contributed by atoms with Gasteiger partial charge in [0.05, 0.1) is 39.5 Å². The molecule has 0 heterocycles. The van der Waals surface area contributed by atoms with Gasteiger partial charge in [-0.05, 0) is 60.4 Å². The van der Waals surface area contributed by atoms with Crippen LogP contribution in [0.5, 0.6) is 34.5 Å². The molecule has 2 unspecified atom stereocenters. The normalized spacial score (nSPS) is 15.5. The first-order valence-electron chi connectivity index (χ1n) is 16.8. The monoisotopic (exact) mass is 772 g/mol. The van der Waals surface area contributed by atoms with Gasteiger partial charge in [-0.25, -0.2) is 0 Å². The van der Waals surface area contributed by atoms with Gasteiger partial charge >= 0.3 is 17.1 Å². The first-order valence-corrected chi connectivity index (χ1v) is 16.8. The Hall–Kier alpha value is -4.25. The Morgan fingerprint density at radius 1 is 0.596 bits per heavy atom. The summed E-state index contributed by atoms with van der Waals surface area (Å²) in [6.45, 7) is 1.75. The summed E-state index contributed by atoms with van der Waals surface area (Å²) in [5.74, 6) is 2.09. The van der Waals surface area contributed by atoms with Gasteiger partial charge in [-0.3, -0.25) is 9.98 Å². The fraction of sp³-hybridized carbons (Fsp3) is 0.350. The van der Waals surface area contributed by atoms with Crippen LogP contribution in [0.3, 0.4) is 0 Å². The smallest absolute Gasteiger partial charge is 1.00 e. The van der Waals surface area contributed by atoms with E-state index in [9.17, 15) is 10.2 Å². The van der Waals surface area contributed by atoms with Gasteiger partial charge in [-0.2, -0.15) is 0 Å². The van der Waals surface area contributed by atoms with Crippen LogP contribution in [-0.2, 0) is 26.5 Å². The molecule has 0 amide bonds. The SMILES string of the molecule is COCCOc1ccccc1-c1cc(C=NC2CCCCC2N=Cc2cc(-c3ccccc3OCCOC)cc(OC)c2O)c(O)c(OC)c1.[Cl-].[Mn+2]. The molecule has 0 aromatic heterocycles. The number of aromatic hydroxyl groups is 2. The molecule has 4 aromatic rings. The third-order valence-electron chi connectivity index (χ3n) is 8.64.